The molecule has 0 saturated heterocycles. The average molecular weight is 399 g/mol. The molecule has 0 aromatic carbocycles. The summed E-state index contributed by atoms with van der Waals surface area (Å²) in [7, 11) is 0. The first-order valence-corrected chi connectivity index (χ1v) is 9.59. The van der Waals surface area contributed by atoms with Crippen LogP contribution < -0.4 is 5.32 Å². The van der Waals surface area contributed by atoms with E-state index in [2.05, 4.69) is 49.5 Å². The summed E-state index contributed by atoms with van der Waals surface area (Å²) in [6.07, 6.45) is 7.73. The minimum Gasteiger partial charge on any atom is -0.308 e. The predicted octanol–water partition coefficient (Wildman–Crippen LogP) is 5.04. The number of thiophene rings is 1. The number of halogens is 2. The van der Waals surface area contributed by atoms with Crippen molar-refractivity contribution < 1.29 is 0 Å². The molecule has 96 valence electrons. The molecule has 2 unspecified atom stereocenters. The zero-order chi connectivity index (χ0) is 12.3. The van der Waals surface area contributed by atoms with Gasteiger partial charge in [-0.25, -0.2) is 0 Å². The van der Waals surface area contributed by atoms with Crippen LogP contribution in [0.1, 0.15) is 30.6 Å². The smallest absolute Gasteiger partial charge is 0.0843 e. The summed E-state index contributed by atoms with van der Waals surface area (Å²) in [6.45, 7) is 0.997. The van der Waals surface area contributed by atoms with Gasteiger partial charge in [0.15, 0.2) is 0 Å². The first-order valence-electron chi connectivity index (χ1n) is 5.90. The highest BCUT2D eigenvalue weighted by atomic mass is 79.9. The van der Waals surface area contributed by atoms with Crippen LogP contribution in [0, 0.1) is 0 Å². The van der Waals surface area contributed by atoms with E-state index in [0.717, 1.165) is 11.8 Å². The number of rotatable bonds is 4. The molecule has 0 bridgehead atoms. The third-order valence-electron chi connectivity index (χ3n) is 3.24. The molecular formula is C12H17Br2NS2. The summed E-state index contributed by atoms with van der Waals surface area (Å²) < 4.78 is 2.36. The van der Waals surface area contributed by atoms with Crippen LogP contribution in [0.2, 0.25) is 0 Å². The molecule has 1 aliphatic rings. The van der Waals surface area contributed by atoms with Crippen molar-refractivity contribution in [2.75, 3.05) is 6.26 Å². The Morgan fingerprint density at radius 3 is 2.82 bits per heavy atom. The van der Waals surface area contributed by atoms with Crippen molar-refractivity contribution in [2.24, 2.45) is 0 Å². The lowest BCUT2D eigenvalue weighted by Crippen LogP contribution is -2.39. The Bertz CT molecular complexity index is 348. The van der Waals surface area contributed by atoms with Crippen molar-refractivity contribution in [3.05, 3.63) is 19.2 Å². The molecule has 0 amide bonds. The fraction of sp³-hybridized carbons (Fsp3) is 0.667. The molecule has 2 rings (SSSR count). The second-order valence-corrected chi connectivity index (χ2v) is 8.77. The van der Waals surface area contributed by atoms with Crippen molar-refractivity contribution >= 4 is 55.0 Å². The van der Waals surface area contributed by atoms with E-state index in [4.69, 9.17) is 0 Å². The van der Waals surface area contributed by atoms with E-state index in [9.17, 15) is 0 Å². The molecule has 5 heteroatoms. The lowest BCUT2D eigenvalue weighted by Gasteiger charge is -2.31. The van der Waals surface area contributed by atoms with Gasteiger partial charge in [-0.2, -0.15) is 11.8 Å². The van der Waals surface area contributed by atoms with Crippen LogP contribution in [0.5, 0.6) is 0 Å². The lowest BCUT2D eigenvalue weighted by atomic mass is 9.95. The van der Waals surface area contributed by atoms with Gasteiger partial charge in [-0.3, -0.25) is 0 Å². The SMILES string of the molecule is CSC1CCCCC1NCc1cc(Br)c(Br)s1. The van der Waals surface area contributed by atoms with Crippen LogP contribution in [0.3, 0.4) is 0 Å². The molecule has 1 aliphatic carbocycles. The van der Waals surface area contributed by atoms with Gasteiger partial charge in [-0.05, 0) is 57.0 Å². The van der Waals surface area contributed by atoms with E-state index < -0.39 is 0 Å². The molecule has 1 fully saturated rings. The monoisotopic (exact) mass is 397 g/mol. The quantitative estimate of drug-likeness (QED) is 0.762. The van der Waals surface area contributed by atoms with E-state index in [1.807, 2.05) is 23.1 Å². The number of hydrogen-bond acceptors (Lipinski definition) is 3. The zero-order valence-corrected chi connectivity index (χ0v) is 14.6. The topological polar surface area (TPSA) is 12.0 Å². The molecule has 1 nitrogen and oxygen atoms in total. The van der Waals surface area contributed by atoms with E-state index in [1.54, 1.807) is 0 Å². The molecular weight excluding hydrogens is 382 g/mol. The maximum absolute atomic E-state index is 3.73. The second kappa shape index (κ2) is 6.94. The molecule has 2 atom stereocenters. The van der Waals surface area contributed by atoms with Gasteiger partial charge in [0, 0.05) is 27.2 Å². The molecule has 0 spiro atoms. The molecule has 0 aliphatic heterocycles. The maximum Gasteiger partial charge on any atom is 0.0843 e. The van der Waals surface area contributed by atoms with Gasteiger partial charge in [0.25, 0.3) is 0 Å². The Morgan fingerprint density at radius 2 is 2.18 bits per heavy atom. The van der Waals surface area contributed by atoms with Crippen molar-refractivity contribution in [2.45, 2.75) is 43.5 Å². The number of nitrogens with one attached hydrogen (secondary N) is 1. The number of hydrogen-bond donors (Lipinski definition) is 1. The summed E-state index contributed by atoms with van der Waals surface area (Å²) in [5.74, 6) is 0. The van der Waals surface area contributed by atoms with E-state index in [0.29, 0.717) is 6.04 Å². The summed E-state index contributed by atoms with van der Waals surface area (Å²) in [4.78, 5) is 1.40. The minimum atomic E-state index is 0.693. The Labute approximate surface area is 128 Å². The first-order chi connectivity index (χ1) is 8.20. The van der Waals surface area contributed by atoms with Crippen LogP contribution in [0.4, 0.5) is 0 Å². The fourth-order valence-corrected chi connectivity index (χ4v) is 5.41. The van der Waals surface area contributed by atoms with Crippen molar-refractivity contribution in [3.8, 4) is 0 Å². The van der Waals surface area contributed by atoms with Gasteiger partial charge in [-0.1, -0.05) is 12.8 Å². The summed E-state index contributed by atoms with van der Waals surface area (Å²) >= 11 is 10.9. The van der Waals surface area contributed by atoms with E-state index in [-0.39, 0.29) is 0 Å². The van der Waals surface area contributed by atoms with Crippen molar-refractivity contribution in [1.29, 1.82) is 0 Å². The van der Waals surface area contributed by atoms with Crippen LogP contribution in [0.15, 0.2) is 14.3 Å². The normalized spacial score (nSPS) is 25.1. The average Bonchev–Trinajstić information content (AvgIpc) is 2.66. The van der Waals surface area contributed by atoms with Gasteiger partial charge < -0.3 is 5.32 Å². The number of thioether (sulfide) groups is 1. The summed E-state index contributed by atoms with van der Waals surface area (Å²) in [5.41, 5.74) is 0. The van der Waals surface area contributed by atoms with Crippen molar-refractivity contribution in [1.82, 2.24) is 5.32 Å². The molecule has 1 aromatic heterocycles. The highest BCUT2D eigenvalue weighted by Gasteiger charge is 2.23. The molecule has 17 heavy (non-hydrogen) atoms. The molecule has 1 N–H and O–H groups in total. The maximum atomic E-state index is 3.73. The highest BCUT2D eigenvalue weighted by Crippen LogP contribution is 2.33. The fourth-order valence-electron chi connectivity index (χ4n) is 2.32. The first kappa shape index (κ1) is 14.4. The van der Waals surface area contributed by atoms with Gasteiger partial charge >= 0.3 is 0 Å². The second-order valence-electron chi connectivity index (χ2n) is 4.38. The Morgan fingerprint density at radius 1 is 1.41 bits per heavy atom. The van der Waals surface area contributed by atoms with E-state index in [1.165, 1.54) is 38.8 Å². The Kier molecular flexibility index (Phi) is 5.87. The molecule has 1 heterocycles. The standard InChI is InChI=1S/C12H17Br2NS2/c1-16-11-5-3-2-4-10(11)15-7-8-6-9(13)12(14)17-8/h6,10-11,15H,2-5,7H2,1H3. The van der Waals surface area contributed by atoms with Gasteiger partial charge in [-0.15, -0.1) is 11.3 Å². The van der Waals surface area contributed by atoms with E-state index >= 15 is 0 Å². The molecule has 1 saturated carbocycles. The van der Waals surface area contributed by atoms with Crippen LogP contribution >= 0.6 is 55.0 Å². The van der Waals surface area contributed by atoms with Gasteiger partial charge in [0.1, 0.15) is 0 Å². The van der Waals surface area contributed by atoms with Gasteiger partial charge in [0.2, 0.25) is 0 Å². The molecule has 1 aromatic rings. The highest BCUT2D eigenvalue weighted by molar-refractivity contribution is 9.13. The predicted molar refractivity (Wildman–Crippen MR) is 86.1 cm³/mol. The van der Waals surface area contributed by atoms with Gasteiger partial charge in [0.05, 0.1) is 3.79 Å². The van der Waals surface area contributed by atoms with Crippen molar-refractivity contribution in [3.63, 3.8) is 0 Å². The Hall–Kier alpha value is 0.970. The third-order valence-corrected chi connectivity index (χ3v) is 7.67. The zero-order valence-electron chi connectivity index (χ0n) is 9.84. The minimum absolute atomic E-state index is 0.693. The third kappa shape index (κ3) is 3.96. The Balaban J connectivity index is 1.88. The van der Waals surface area contributed by atoms with Crippen LogP contribution in [-0.2, 0) is 6.54 Å². The largest absolute Gasteiger partial charge is 0.308 e. The van der Waals surface area contributed by atoms with Crippen LogP contribution in [-0.4, -0.2) is 17.5 Å². The summed E-state index contributed by atoms with van der Waals surface area (Å²) in [6, 6.07) is 2.90. The summed E-state index contributed by atoms with van der Waals surface area (Å²) in [5, 5.41) is 4.53. The van der Waals surface area contributed by atoms with Crippen LogP contribution in [0.25, 0.3) is 0 Å². The lowest BCUT2D eigenvalue weighted by molar-refractivity contribution is 0.384. The molecule has 0 radical (unpaired) electrons.